The van der Waals surface area contributed by atoms with Crippen LogP contribution < -0.4 is 0 Å². The predicted octanol–water partition coefficient (Wildman–Crippen LogP) is -3.89. The van der Waals surface area contributed by atoms with E-state index in [1.807, 2.05) is 0 Å². The first-order chi connectivity index (χ1) is 3.00. The second-order valence-electron chi connectivity index (χ2n) is 3.46. The largest absolute Gasteiger partial charge is 0.00523 e. The van der Waals surface area contributed by atoms with Crippen LogP contribution in [0, 0.1) is 0 Å². The van der Waals surface area contributed by atoms with Crippen LogP contribution in [0.4, 0.5) is 0 Å². The molecule has 5 fully saturated rings. The second-order valence-corrected chi connectivity index (χ2v) is 93.5. The van der Waals surface area contributed by atoms with Crippen LogP contribution in [0.1, 0.15) is 0 Å². The van der Waals surface area contributed by atoms with Gasteiger partial charge in [0.2, 0.25) is 0 Å². The molecule has 5 aliphatic heterocycles. The Morgan fingerprint density at radius 2 is 0.500 bits per heavy atom. The zero-order valence-corrected chi connectivity index (χ0v) is 10.4. The third-order valence-corrected chi connectivity index (χ3v) is 280. The molecule has 0 aliphatic carbocycles. The lowest BCUT2D eigenvalue weighted by atomic mass is 26.1. The lowest BCUT2D eigenvalue weighted by Gasteiger charge is -2.00. The van der Waals surface area contributed by atoms with Crippen molar-refractivity contribution in [3.8, 4) is 0 Å². The molecular formula is H6Si6. The van der Waals surface area contributed by atoms with Crippen LogP contribution in [0.2, 0.25) is 0 Å². The van der Waals surface area contributed by atoms with Gasteiger partial charge in [-0.3, -0.25) is 0 Å². The van der Waals surface area contributed by atoms with Crippen LogP contribution in [0.3, 0.4) is 0 Å². The molecule has 5 rings (SSSR count). The molecule has 0 nitrogen and oxygen atoms in total. The Hall–Kier alpha value is 1.30. The van der Waals surface area contributed by atoms with Crippen LogP contribution >= 0.6 is 0 Å². The third-order valence-electron chi connectivity index (χ3n) is 3.72. The molecule has 30 valence electrons. The van der Waals surface area contributed by atoms with Crippen LogP contribution in [0.15, 0.2) is 0 Å². The molecule has 5 aliphatic rings. The third kappa shape index (κ3) is 0.0884. The first kappa shape index (κ1) is 2.73. The van der Waals surface area contributed by atoms with Gasteiger partial charge in [0.05, 0.1) is 0 Å². The highest BCUT2D eigenvalue weighted by Gasteiger charge is 3.00. The first-order valence-corrected chi connectivity index (χ1v) is 27.0. The van der Waals surface area contributed by atoms with Crippen LogP contribution in [-0.2, 0) is 0 Å². The first-order valence-electron chi connectivity index (χ1n) is 3.00. The van der Waals surface area contributed by atoms with E-state index in [2.05, 4.69) is 0 Å². The molecule has 0 aromatic carbocycles. The van der Waals surface area contributed by atoms with Crippen molar-refractivity contribution in [2.45, 2.75) is 0 Å². The number of hydrogen-bond donors (Lipinski definition) is 0. The molecule has 0 unspecified atom stereocenters. The molecule has 0 radical (unpaired) electrons. The van der Waals surface area contributed by atoms with Crippen molar-refractivity contribution in [2.24, 2.45) is 0 Å². The Labute approximate surface area is 44.3 Å². The average molecular weight is 175 g/mol. The fraction of sp³-hybridized carbons (Fsp3) is 0. The predicted molar refractivity (Wildman–Crippen MR) is 42.9 cm³/mol. The van der Waals surface area contributed by atoms with Crippen molar-refractivity contribution in [2.75, 3.05) is 0 Å². The summed E-state index contributed by atoms with van der Waals surface area (Å²) in [7, 11) is 4.67. The van der Waals surface area contributed by atoms with E-state index in [1.54, 1.807) is 0 Å². The Balaban J connectivity index is 2.31. The van der Waals surface area contributed by atoms with Gasteiger partial charge in [-0.1, -0.05) is 0 Å². The molecule has 0 spiro atoms. The summed E-state index contributed by atoms with van der Waals surface area (Å²) in [4.78, 5) is 0. The van der Waals surface area contributed by atoms with E-state index >= 15 is 0 Å². The maximum Gasteiger partial charge on any atom is -0.00523 e. The van der Waals surface area contributed by atoms with Crippen LogP contribution in [0.5, 0.6) is 0 Å². The minimum absolute atomic E-state index is 0.778. The minimum atomic E-state index is 0.778. The summed E-state index contributed by atoms with van der Waals surface area (Å²) in [5.74, 6) is 0. The second kappa shape index (κ2) is 0.475. The Bertz CT molecular complexity index is 75.1. The van der Waals surface area contributed by atoms with Gasteiger partial charge in [-0.25, -0.2) is 0 Å². The Morgan fingerprint density at radius 1 is 0.333 bits per heavy atom. The fourth-order valence-electron chi connectivity index (χ4n) is 3.41. The van der Waals surface area contributed by atoms with Gasteiger partial charge in [0.15, 0.2) is 0 Å². The van der Waals surface area contributed by atoms with E-state index in [1.165, 1.54) is 0 Å². The highest BCUT2D eigenvalue weighted by Crippen LogP contribution is 2.62. The molecule has 6 heteroatoms. The summed E-state index contributed by atoms with van der Waals surface area (Å²) in [6, 6.07) is 0. The lowest BCUT2D eigenvalue weighted by molar-refractivity contribution is 3.75. The maximum absolute atomic E-state index is 0.778. The van der Waals surface area contributed by atoms with Gasteiger partial charge in [-0.15, -0.1) is 0 Å². The molecule has 0 atom stereocenters. The van der Waals surface area contributed by atoms with Crippen LogP contribution in [-0.4, -0.2) is 44.1 Å². The summed E-state index contributed by atoms with van der Waals surface area (Å²) >= 11 is 0. The van der Waals surface area contributed by atoms with Gasteiger partial charge in [-0.2, -0.15) is 0 Å². The number of hydrogen-bond acceptors (Lipinski definition) is 0. The molecule has 0 amide bonds. The molecule has 0 N–H and O–H groups in total. The van der Waals surface area contributed by atoms with E-state index in [0.717, 1.165) is 44.1 Å². The average Bonchev–Trinajstić information content (AvgIpc) is 1.64. The van der Waals surface area contributed by atoms with Crippen molar-refractivity contribution in [1.29, 1.82) is 0 Å². The topological polar surface area (TPSA) is 0 Å². The standard InChI is InChI=1S/H6Si6/c1-2-3(1)6-4(1)5(2)6/h1-6H. The molecular weight excluding hydrogens is 169 g/mol. The highest BCUT2D eigenvalue weighted by atomic mass is 31.1. The van der Waals surface area contributed by atoms with Crippen molar-refractivity contribution in [1.82, 2.24) is 0 Å². The zero-order chi connectivity index (χ0) is 3.46. The highest BCUT2D eigenvalue weighted by molar-refractivity contribution is 8.76. The molecule has 5 heterocycles. The quantitative estimate of drug-likeness (QED) is 0.330. The van der Waals surface area contributed by atoms with Gasteiger partial charge in [0.25, 0.3) is 0 Å². The molecule has 6 heavy (non-hydrogen) atoms. The molecule has 0 bridgehead atoms. The van der Waals surface area contributed by atoms with Gasteiger partial charge in [0, 0.05) is 0 Å². The minimum Gasteiger partial charge on any atom is -0.00523 e. The van der Waals surface area contributed by atoms with Gasteiger partial charge >= 0.3 is 0 Å². The van der Waals surface area contributed by atoms with E-state index in [4.69, 9.17) is 0 Å². The summed E-state index contributed by atoms with van der Waals surface area (Å²) in [6.45, 7) is 0. The van der Waals surface area contributed by atoms with Gasteiger partial charge in [0.1, 0.15) is 0 Å². The van der Waals surface area contributed by atoms with Gasteiger partial charge < -0.3 is 0 Å². The van der Waals surface area contributed by atoms with E-state index in [-0.39, 0.29) is 0 Å². The van der Waals surface area contributed by atoms with Crippen LogP contribution in [0.25, 0.3) is 0 Å². The number of rotatable bonds is 0. The van der Waals surface area contributed by atoms with E-state index in [0.29, 0.717) is 0 Å². The smallest absolute Gasteiger partial charge is 0.00523 e. The molecule has 0 aromatic heterocycles. The summed E-state index contributed by atoms with van der Waals surface area (Å²) in [6.07, 6.45) is 0. The normalized spacial score (nSPS) is 108. The van der Waals surface area contributed by atoms with Crippen molar-refractivity contribution in [3.63, 3.8) is 0 Å². The zero-order valence-electron chi connectivity index (χ0n) is 3.46. The molecule has 0 aromatic rings. The van der Waals surface area contributed by atoms with E-state index in [9.17, 15) is 0 Å². The lowest BCUT2D eigenvalue weighted by Crippen LogP contribution is -2.38. The molecule has 5 saturated heterocycles. The molecule has 0 saturated carbocycles. The SMILES string of the molecule is [SiH]12[SiH]3[SiH]1[SiH]1[SiH]2[SiH]31. The fourth-order valence-corrected chi connectivity index (χ4v) is 775. The van der Waals surface area contributed by atoms with Crippen molar-refractivity contribution < 1.29 is 0 Å². The van der Waals surface area contributed by atoms with Gasteiger partial charge in [-0.05, 0) is 44.1 Å². The van der Waals surface area contributed by atoms with Crippen molar-refractivity contribution >= 4 is 44.1 Å². The van der Waals surface area contributed by atoms with Crippen molar-refractivity contribution in [3.05, 3.63) is 0 Å². The summed E-state index contributed by atoms with van der Waals surface area (Å²) in [5, 5.41) is 0. The Morgan fingerprint density at radius 3 is 0.667 bits per heavy atom. The van der Waals surface area contributed by atoms with E-state index < -0.39 is 0 Å². The monoisotopic (exact) mass is 174 g/mol. The summed E-state index contributed by atoms with van der Waals surface area (Å²) < 4.78 is 0. The summed E-state index contributed by atoms with van der Waals surface area (Å²) in [5.41, 5.74) is 0. The maximum atomic E-state index is 0.778. The Kier molecular flexibility index (Phi) is 0.216.